The number of ether oxygens (including phenoxy) is 1. The number of methoxy groups -OCH3 is 1. The standard InChI is InChI=1S/C7H10O3/c1-5(8)7(4-10-3)6(2)9/h4H,1-3H3. The van der Waals surface area contributed by atoms with E-state index in [1.165, 1.54) is 21.0 Å². The molecule has 0 fully saturated rings. The topological polar surface area (TPSA) is 43.4 Å². The molecule has 0 N–H and O–H groups in total. The minimum Gasteiger partial charge on any atom is -0.503 e. The van der Waals surface area contributed by atoms with Crippen molar-refractivity contribution in [3.63, 3.8) is 0 Å². The Balaban J connectivity index is 4.42. The third-order valence-corrected chi connectivity index (χ3v) is 0.994. The summed E-state index contributed by atoms with van der Waals surface area (Å²) in [5.41, 5.74) is 0.0995. The zero-order chi connectivity index (χ0) is 8.15. The van der Waals surface area contributed by atoms with Crippen molar-refractivity contribution in [2.75, 3.05) is 7.11 Å². The van der Waals surface area contributed by atoms with Crippen molar-refractivity contribution in [3.05, 3.63) is 11.8 Å². The Kier molecular flexibility index (Phi) is 3.39. The van der Waals surface area contributed by atoms with E-state index in [1.807, 2.05) is 0 Å². The van der Waals surface area contributed by atoms with Crippen molar-refractivity contribution < 1.29 is 14.3 Å². The van der Waals surface area contributed by atoms with Crippen molar-refractivity contribution in [3.8, 4) is 0 Å². The van der Waals surface area contributed by atoms with E-state index in [2.05, 4.69) is 4.74 Å². The average Bonchev–Trinajstić information content (AvgIpc) is 1.81. The zero-order valence-electron chi connectivity index (χ0n) is 6.30. The molecule has 3 nitrogen and oxygen atoms in total. The van der Waals surface area contributed by atoms with Crippen LogP contribution in [0.1, 0.15) is 13.8 Å². The smallest absolute Gasteiger partial charge is 0.166 e. The zero-order valence-corrected chi connectivity index (χ0v) is 6.30. The molecule has 0 unspecified atom stereocenters. The molecule has 0 aromatic carbocycles. The Morgan fingerprint density at radius 1 is 1.20 bits per heavy atom. The lowest BCUT2D eigenvalue weighted by Gasteiger charge is -1.95. The van der Waals surface area contributed by atoms with Crippen LogP contribution in [-0.2, 0) is 14.3 Å². The molecule has 0 aromatic heterocycles. The van der Waals surface area contributed by atoms with Gasteiger partial charge in [0.25, 0.3) is 0 Å². The van der Waals surface area contributed by atoms with Gasteiger partial charge in [-0.1, -0.05) is 0 Å². The molecule has 0 aliphatic carbocycles. The van der Waals surface area contributed by atoms with Crippen molar-refractivity contribution in [2.24, 2.45) is 0 Å². The molecule has 0 spiro atoms. The van der Waals surface area contributed by atoms with Gasteiger partial charge in [0.15, 0.2) is 11.6 Å². The predicted octanol–water partition coefficient (Wildman–Crippen LogP) is 0.695. The number of carbonyl (C=O) groups is 2. The minimum absolute atomic E-state index is 0.0995. The third kappa shape index (κ3) is 2.44. The van der Waals surface area contributed by atoms with E-state index >= 15 is 0 Å². The van der Waals surface area contributed by atoms with Gasteiger partial charge in [-0.15, -0.1) is 0 Å². The van der Waals surface area contributed by atoms with Crippen LogP contribution in [0, 0.1) is 0 Å². The number of ketones is 2. The van der Waals surface area contributed by atoms with Gasteiger partial charge in [-0.3, -0.25) is 9.59 Å². The lowest BCUT2D eigenvalue weighted by atomic mass is 10.1. The van der Waals surface area contributed by atoms with Gasteiger partial charge in [-0.05, 0) is 13.8 Å². The summed E-state index contributed by atoms with van der Waals surface area (Å²) in [4.78, 5) is 21.2. The summed E-state index contributed by atoms with van der Waals surface area (Å²) in [5.74, 6) is -0.538. The molecule has 0 aliphatic heterocycles. The van der Waals surface area contributed by atoms with Crippen molar-refractivity contribution >= 4 is 11.6 Å². The van der Waals surface area contributed by atoms with E-state index < -0.39 is 0 Å². The highest BCUT2D eigenvalue weighted by Crippen LogP contribution is 1.97. The molecule has 0 bridgehead atoms. The summed E-state index contributed by atoms with van der Waals surface area (Å²) in [7, 11) is 1.39. The normalized spacial score (nSPS) is 8.30. The van der Waals surface area contributed by atoms with Gasteiger partial charge >= 0.3 is 0 Å². The van der Waals surface area contributed by atoms with Gasteiger partial charge in [0.1, 0.15) is 0 Å². The SMILES string of the molecule is COC=C(C(C)=O)C(C)=O. The summed E-state index contributed by atoms with van der Waals surface area (Å²) in [6.45, 7) is 2.65. The second-order valence-electron chi connectivity index (χ2n) is 1.88. The highest BCUT2D eigenvalue weighted by molar-refractivity contribution is 6.18. The van der Waals surface area contributed by atoms with Crippen molar-refractivity contribution in [1.82, 2.24) is 0 Å². The largest absolute Gasteiger partial charge is 0.503 e. The maximum absolute atomic E-state index is 10.6. The molecule has 10 heavy (non-hydrogen) atoms. The summed E-state index contributed by atoms with van der Waals surface area (Å²) in [6, 6.07) is 0. The van der Waals surface area contributed by atoms with Crippen molar-refractivity contribution in [2.45, 2.75) is 13.8 Å². The van der Waals surface area contributed by atoms with Crippen LogP contribution in [0.25, 0.3) is 0 Å². The number of hydrogen-bond acceptors (Lipinski definition) is 3. The fourth-order valence-corrected chi connectivity index (χ4v) is 0.532. The third-order valence-electron chi connectivity index (χ3n) is 0.994. The van der Waals surface area contributed by atoms with Crippen LogP contribution in [-0.4, -0.2) is 18.7 Å². The van der Waals surface area contributed by atoms with Gasteiger partial charge in [0.05, 0.1) is 18.9 Å². The quantitative estimate of drug-likeness (QED) is 0.252. The first-order valence-corrected chi connectivity index (χ1v) is 2.84. The Hall–Kier alpha value is -1.12. The van der Waals surface area contributed by atoms with Gasteiger partial charge in [-0.25, -0.2) is 0 Å². The molecule has 0 aliphatic rings. The molecule has 0 amide bonds. The molecule has 0 radical (unpaired) electrons. The maximum Gasteiger partial charge on any atom is 0.166 e. The maximum atomic E-state index is 10.6. The summed E-state index contributed by atoms with van der Waals surface area (Å²) < 4.78 is 4.52. The van der Waals surface area contributed by atoms with Crippen LogP contribution in [0.2, 0.25) is 0 Å². The molecule has 0 saturated heterocycles. The number of allylic oxidation sites excluding steroid dienone is 1. The van der Waals surface area contributed by atoms with Crippen LogP contribution in [0.15, 0.2) is 11.8 Å². The second kappa shape index (κ2) is 3.82. The lowest BCUT2D eigenvalue weighted by molar-refractivity contribution is -0.119. The lowest BCUT2D eigenvalue weighted by Crippen LogP contribution is -2.06. The molecule has 0 rings (SSSR count). The molecular formula is C7H10O3. The first-order valence-electron chi connectivity index (χ1n) is 2.84. The molecule has 0 heterocycles. The van der Waals surface area contributed by atoms with E-state index in [0.717, 1.165) is 6.26 Å². The fraction of sp³-hybridized carbons (Fsp3) is 0.429. The Morgan fingerprint density at radius 2 is 1.60 bits per heavy atom. The number of rotatable bonds is 3. The molecule has 3 heteroatoms. The highest BCUT2D eigenvalue weighted by atomic mass is 16.5. The van der Waals surface area contributed by atoms with Crippen molar-refractivity contribution in [1.29, 1.82) is 0 Å². The molecule has 0 atom stereocenters. The van der Waals surface area contributed by atoms with Crippen LogP contribution in [0.3, 0.4) is 0 Å². The van der Waals surface area contributed by atoms with Crippen LogP contribution in [0.4, 0.5) is 0 Å². The fourth-order valence-electron chi connectivity index (χ4n) is 0.532. The van der Waals surface area contributed by atoms with E-state index in [0.29, 0.717) is 0 Å². The van der Waals surface area contributed by atoms with Gasteiger partial charge in [0.2, 0.25) is 0 Å². The second-order valence-corrected chi connectivity index (χ2v) is 1.88. The monoisotopic (exact) mass is 142 g/mol. The molecule has 56 valence electrons. The summed E-state index contributed by atoms with van der Waals surface area (Å²) in [5, 5.41) is 0. The van der Waals surface area contributed by atoms with E-state index in [1.54, 1.807) is 0 Å². The number of Topliss-reactive ketones (excluding diaryl/α,β-unsaturated/α-hetero) is 2. The average molecular weight is 142 g/mol. The van der Waals surface area contributed by atoms with E-state index in [4.69, 9.17) is 0 Å². The Morgan fingerprint density at radius 3 is 1.70 bits per heavy atom. The van der Waals surface area contributed by atoms with Gasteiger partial charge in [-0.2, -0.15) is 0 Å². The predicted molar refractivity (Wildman–Crippen MR) is 36.5 cm³/mol. The van der Waals surface area contributed by atoms with E-state index in [9.17, 15) is 9.59 Å². The molecular weight excluding hydrogens is 132 g/mol. The Labute approximate surface area is 59.7 Å². The van der Waals surface area contributed by atoms with E-state index in [-0.39, 0.29) is 17.1 Å². The summed E-state index contributed by atoms with van der Waals surface area (Å²) in [6.07, 6.45) is 1.16. The minimum atomic E-state index is -0.269. The molecule has 0 saturated carbocycles. The first-order chi connectivity index (χ1) is 4.59. The summed E-state index contributed by atoms with van der Waals surface area (Å²) >= 11 is 0. The first kappa shape index (κ1) is 8.88. The Bertz CT molecular complexity index is 163. The number of carbonyl (C=O) groups excluding carboxylic acids is 2. The van der Waals surface area contributed by atoms with Crippen LogP contribution >= 0.6 is 0 Å². The van der Waals surface area contributed by atoms with Gasteiger partial charge < -0.3 is 4.74 Å². The van der Waals surface area contributed by atoms with Crippen LogP contribution in [0.5, 0.6) is 0 Å². The van der Waals surface area contributed by atoms with Gasteiger partial charge in [0, 0.05) is 0 Å². The highest BCUT2D eigenvalue weighted by Gasteiger charge is 2.08. The number of hydrogen-bond donors (Lipinski definition) is 0. The van der Waals surface area contributed by atoms with Crippen LogP contribution < -0.4 is 0 Å². The molecule has 0 aromatic rings.